The number of carbonyl (C=O) groups excluding carboxylic acids is 3. The summed E-state index contributed by atoms with van der Waals surface area (Å²) < 4.78 is 5.34. The number of nitrogens with one attached hydrogen (secondary N) is 2. The third kappa shape index (κ3) is 10.4. The van der Waals surface area contributed by atoms with E-state index in [1.165, 1.54) is 17.0 Å². The van der Waals surface area contributed by atoms with Gasteiger partial charge in [-0.1, -0.05) is 26.0 Å². The highest BCUT2D eigenvalue weighted by atomic mass is 32.1. The normalized spacial score (nSPS) is 14.3. The van der Waals surface area contributed by atoms with Gasteiger partial charge in [0, 0.05) is 17.8 Å². The van der Waals surface area contributed by atoms with Crippen molar-refractivity contribution in [2.24, 2.45) is 5.92 Å². The number of amides is 3. The van der Waals surface area contributed by atoms with Gasteiger partial charge in [0.1, 0.15) is 23.4 Å². The zero-order chi connectivity index (χ0) is 26.9. The van der Waals surface area contributed by atoms with Crippen LogP contribution in [0.5, 0.6) is 5.75 Å². The first kappa shape index (κ1) is 30.6. The Morgan fingerprint density at radius 2 is 1.57 bits per heavy atom. The lowest BCUT2D eigenvalue weighted by Gasteiger charge is -2.39. The van der Waals surface area contributed by atoms with Gasteiger partial charge >= 0.3 is 6.09 Å². The van der Waals surface area contributed by atoms with Gasteiger partial charge in [-0.3, -0.25) is 9.59 Å². The lowest BCUT2D eigenvalue weighted by molar-refractivity contribution is -0.145. The Balaban J connectivity index is 3.48. The van der Waals surface area contributed by atoms with Crippen molar-refractivity contribution in [3.8, 4) is 5.75 Å². The summed E-state index contributed by atoms with van der Waals surface area (Å²) >= 11 is 4.31. The molecule has 198 valence electrons. The van der Waals surface area contributed by atoms with E-state index in [4.69, 9.17) is 4.74 Å². The molecule has 8 nitrogen and oxygen atoms in total. The van der Waals surface area contributed by atoms with Crippen LogP contribution >= 0.6 is 12.6 Å². The smallest absolute Gasteiger partial charge is 0.408 e. The number of ether oxygens (including phenoxy) is 1. The fourth-order valence-corrected chi connectivity index (χ4v) is 3.83. The van der Waals surface area contributed by atoms with Gasteiger partial charge in [-0.25, -0.2) is 4.79 Å². The fourth-order valence-electron chi connectivity index (χ4n) is 3.59. The van der Waals surface area contributed by atoms with Crippen LogP contribution in [-0.4, -0.2) is 57.4 Å². The topological polar surface area (TPSA) is 108 Å². The number of rotatable bonds is 11. The SMILES string of the molecule is CC(C)CCC(C)N(C(=O)C(CS)NC(=O)OC(C)(C)C)C(C(=O)NC(C)C)c1ccc(O)cc1. The van der Waals surface area contributed by atoms with Crippen molar-refractivity contribution in [1.29, 1.82) is 0 Å². The molecule has 0 aliphatic rings. The van der Waals surface area contributed by atoms with E-state index in [1.807, 2.05) is 20.8 Å². The minimum atomic E-state index is -0.999. The molecule has 0 saturated carbocycles. The Morgan fingerprint density at radius 1 is 1.00 bits per heavy atom. The number of carbonyl (C=O) groups is 3. The average molecular weight is 510 g/mol. The van der Waals surface area contributed by atoms with E-state index in [0.29, 0.717) is 17.9 Å². The van der Waals surface area contributed by atoms with Gasteiger partial charge in [-0.2, -0.15) is 12.6 Å². The molecule has 0 aliphatic heterocycles. The second-order valence-electron chi connectivity index (χ2n) is 10.6. The predicted molar refractivity (Wildman–Crippen MR) is 142 cm³/mol. The molecule has 0 aliphatic carbocycles. The minimum Gasteiger partial charge on any atom is -0.508 e. The van der Waals surface area contributed by atoms with E-state index in [-0.39, 0.29) is 29.5 Å². The first-order valence-electron chi connectivity index (χ1n) is 12.2. The number of aromatic hydroxyl groups is 1. The summed E-state index contributed by atoms with van der Waals surface area (Å²) in [6, 6.07) is 3.81. The van der Waals surface area contributed by atoms with Gasteiger partial charge in [0.05, 0.1) is 0 Å². The van der Waals surface area contributed by atoms with Gasteiger partial charge in [-0.05, 0) is 78.0 Å². The molecule has 0 radical (unpaired) electrons. The van der Waals surface area contributed by atoms with Crippen molar-refractivity contribution in [2.45, 2.75) is 98.0 Å². The molecule has 1 aromatic rings. The molecule has 3 unspecified atom stereocenters. The molecule has 3 N–H and O–H groups in total. The van der Waals surface area contributed by atoms with E-state index in [0.717, 1.165) is 6.42 Å². The van der Waals surface area contributed by atoms with Crippen LogP contribution in [0.15, 0.2) is 24.3 Å². The maximum atomic E-state index is 13.9. The van der Waals surface area contributed by atoms with Crippen LogP contribution in [0.4, 0.5) is 4.79 Å². The van der Waals surface area contributed by atoms with Crippen LogP contribution in [0, 0.1) is 5.92 Å². The molecule has 0 aromatic heterocycles. The molecule has 9 heteroatoms. The molecule has 1 rings (SSSR count). The molecule has 0 fully saturated rings. The summed E-state index contributed by atoms with van der Waals surface area (Å²) in [6.45, 7) is 15.0. The minimum absolute atomic E-state index is 0.0274. The van der Waals surface area contributed by atoms with Crippen molar-refractivity contribution in [2.75, 3.05) is 5.75 Å². The standard InChI is InChI=1S/C26H43N3O5S/c1-16(2)9-10-18(5)29(24(32)21(15-35)28-25(33)34-26(6,7)8)22(23(31)27-17(3)4)19-11-13-20(30)14-12-19/h11-14,16-18,21-22,30,35H,9-10,15H2,1-8H3,(H,27,31)(H,28,33). The summed E-state index contributed by atoms with van der Waals surface area (Å²) in [5.74, 6) is -0.279. The second kappa shape index (κ2) is 13.6. The molecule has 1 aromatic carbocycles. The molecule has 3 atom stereocenters. The molecule has 3 amide bonds. The maximum Gasteiger partial charge on any atom is 0.408 e. The van der Waals surface area contributed by atoms with Crippen LogP contribution in [0.25, 0.3) is 0 Å². The van der Waals surface area contributed by atoms with Crippen molar-refractivity contribution in [1.82, 2.24) is 15.5 Å². The maximum absolute atomic E-state index is 13.9. The number of hydrogen-bond acceptors (Lipinski definition) is 6. The number of phenols is 1. The summed E-state index contributed by atoms with van der Waals surface area (Å²) in [5.41, 5.74) is -0.176. The van der Waals surface area contributed by atoms with Crippen molar-refractivity contribution >= 4 is 30.5 Å². The summed E-state index contributed by atoms with van der Waals surface area (Å²) in [5, 5.41) is 15.3. The van der Waals surface area contributed by atoms with Crippen LogP contribution in [0.1, 0.15) is 79.8 Å². The van der Waals surface area contributed by atoms with Gasteiger partial charge < -0.3 is 25.4 Å². The largest absolute Gasteiger partial charge is 0.508 e. The Labute approximate surface area is 215 Å². The Bertz CT molecular complexity index is 836. The van der Waals surface area contributed by atoms with Crippen LogP contribution < -0.4 is 10.6 Å². The highest BCUT2D eigenvalue weighted by molar-refractivity contribution is 7.80. The van der Waals surface area contributed by atoms with E-state index < -0.39 is 29.7 Å². The van der Waals surface area contributed by atoms with Gasteiger partial charge in [0.25, 0.3) is 0 Å². The number of thiol groups is 1. The van der Waals surface area contributed by atoms with Gasteiger partial charge in [0.15, 0.2) is 0 Å². The quantitative estimate of drug-likeness (QED) is 0.330. The van der Waals surface area contributed by atoms with E-state index in [1.54, 1.807) is 32.9 Å². The van der Waals surface area contributed by atoms with E-state index in [9.17, 15) is 19.5 Å². The summed E-state index contributed by atoms with van der Waals surface area (Å²) in [7, 11) is 0. The third-order valence-corrected chi connectivity index (χ3v) is 5.59. The van der Waals surface area contributed by atoms with E-state index in [2.05, 4.69) is 37.1 Å². The van der Waals surface area contributed by atoms with Gasteiger partial charge in [-0.15, -0.1) is 0 Å². The first-order valence-corrected chi connectivity index (χ1v) is 12.8. The lowest BCUT2D eigenvalue weighted by Crippen LogP contribution is -2.56. The fraction of sp³-hybridized carbons (Fsp3) is 0.654. The van der Waals surface area contributed by atoms with E-state index >= 15 is 0 Å². The summed E-state index contributed by atoms with van der Waals surface area (Å²) in [6.07, 6.45) is 0.787. The van der Waals surface area contributed by atoms with Crippen molar-refractivity contribution < 1.29 is 24.2 Å². The van der Waals surface area contributed by atoms with Crippen LogP contribution in [-0.2, 0) is 14.3 Å². The Kier molecular flexibility index (Phi) is 11.9. The molecule has 0 spiro atoms. The van der Waals surface area contributed by atoms with Crippen LogP contribution in [0.3, 0.4) is 0 Å². The zero-order valence-electron chi connectivity index (χ0n) is 22.3. The monoisotopic (exact) mass is 509 g/mol. The number of nitrogens with zero attached hydrogens (tertiary/aromatic N) is 1. The number of alkyl carbamates (subject to hydrolysis) is 1. The second-order valence-corrected chi connectivity index (χ2v) is 11.0. The zero-order valence-corrected chi connectivity index (χ0v) is 23.2. The van der Waals surface area contributed by atoms with Gasteiger partial charge in [0.2, 0.25) is 11.8 Å². The number of hydrogen-bond donors (Lipinski definition) is 4. The molecule has 0 heterocycles. The van der Waals surface area contributed by atoms with Crippen molar-refractivity contribution in [3.63, 3.8) is 0 Å². The molecule has 0 bridgehead atoms. The molecule has 0 saturated heterocycles. The Morgan fingerprint density at radius 3 is 2.03 bits per heavy atom. The average Bonchev–Trinajstić information content (AvgIpc) is 2.72. The highest BCUT2D eigenvalue weighted by Crippen LogP contribution is 2.29. The Hall–Kier alpha value is -2.42. The third-order valence-electron chi connectivity index (χ3n) is 5.23. The predicted octanol–water partition coefficient (Wildman–Crippen LogP) is 4.43. The van der Waals surface area contributed by atoms with Crippen molar-refractivity contribution in [3.05, 3.63) is 29.8 Å². The molecular formula is C26H43N3O5S. The molecular weight excluding hydrogens is 466 g/mol. The number of phenolic OH excluding ortho intramolecular Hbond substituents is 1. The first-order chi connectivity index (χ1) is 16.2. The highest BCUT2D eigenvalue weighted by Gasteiger charge is 2.38. The van der Waals surface area contributed by atoms with Crippen LogP contribution in [0.2, 0.25) is 0 Å². The molecule has 35 heavy (non-hydrogen) atoms. The number of benzene rings is 1. The lowest BCUT2D eigenvalue weighted by atomic mass is 9.97. The summed E-state index contributed by atoms with van der Waals surface area (Å²) in [4.78, 5) is 41.3.